The van der Waals surface area contributed by atoms with Crippen LogP contribution < -0.4 is 16.4 Å². The largest absolute Gasteiger partial charge is 0.369 e. The van der Waals surface area contributed by atoms with Gasteiger partial charge in [-0.25, -0.2) is 0 Å². The fourth-order valence-corrected chi connectivity index (χ4v) is 3.82. The van der Waals surface area contributed by atoms with Crippen LogP contribution in [-0.4, -0.2) is 40.7 Å². The maximum absolute atomic E-state index is 13.0. The first-order valence-electron chi connectivity index (χ1n) is 8.43. The van der Waals surface area contributed by atoms with Crippen molar-refractivity contribution >= 4 is 11.8 Å². The summed E-state index contributed by atoms with van der Waals surface area (Å²) in [5.41, 5.74) is 4.80. The highest BCUT2D eigenvalue weighted by Gasteiger charge is 2.43. The highest BCUT2D eigenvalue weighted by atomic mass is 16.2. The molecule has 1 aliphatic heterocycles. The molecule has 4 N–H and O–H groups in total. The molecule has 0 bridgehead atoms. The lowest BCUT2D eigenvalue weighted by molar-refractivity contribution is -0.133. The third-order valence-corrected chi connectivity index (χ3v) is 5.21. The van der Waals surface area contributed by atoms with Gasteiger partial charge in [0.15, 0.2) is 0 Å². The van der Waals surface area contributed by atoms with E-state index < -0.39 is 5.54 Å². The lowest BCUT2D eigenvalue weighted by Crippen LogP contribution is -2.57. The van der Waals surface area contributed by atoms with Crippen LogP contribution in [0.2, 0.25) is 0 Å². The number of carbonyl (C=O) groups is 2. The van der Waals surface area contributed by atoms with Crippen LogP contribution >= 0.6 is 0 Å². The van der Waals surface area contributed by atoms with Gasteiger partial charge < -0.3 is 16.4 Å². The van der Waals surface area contributed by atoms with E-state index in [4.69, 9.17) is 5.73 Å². The fourth-order valence-electron chi connectivity index (χ4n) is 3.82. The van der Waals surface area contributed by atoms with Gasteiger partial charge in [-0.15, -0.1) is 0 Å². The second-order valence-electron chi connectivity index (χ2n) is 6.67. The molecular weight excluding hydrogens is 294 g/mol. The highest BCUT2D eigenvalue weighted by Crippen LogP contribution is 2.29. The molecule has 0 aromatic carbocycles. The van der Waals surface area contributed by atoms with Crippen molar-refractivity contribution in [1.29, 1.82) is 0 Å². The standard InChI is InChI=1S/C16H25N5O2/c17-14(22)12-3-1-4-13(11-12)20-15(23)16(5-8-18-9-6-16)21-10-2-7-19-21/h2,7,10,12-13,18H,1,3-6,8-9,11H2,(H2,17,22)(H,20,23). The Kier molecular flexibility index (Phi) is 4.66. The lowest BCUT2D eigenvalue weighted by atomic mass is 9.83. The molecule has 1 saturated heterocycles. The first kappa shape index (κ1) is 16.0. The van der Waals surface area contributed by atoms with E-state index in [0.717, 1.165) is 32.4 Å². The van der Waals surface area contributed by atoms with Crippen molar-refractivity contribution in [2.24, 2.45) is 11.7 Å². The second-order valence-corrected chi connectivity index (χ2v) is 6.67. The van der Waals surface area contributed by atoms with E-state index in [2.05, 4.69) is 15.7 Å². The van der Waals surface area contributed by atoms with Gasteiger partial charge in [0.2, 0.25) is 11.8 Å². The molecule has 2 aliphatic rings. The fraction of sp³-hybridized carbons (Fsp3) is 0.688. The SMILES string of the molecule is NC(=O)C1CCCC(NC(=O)C2(n3cccn3)CCNCC2)C1. The molecule has 2 fully saturated rings. The Balaban J connectivity index is 1.73. The summed E-state index contributed by atoms with van der Waals surface area (Å²) >= 11 is 0. The van der Waals surface area contributed by atoms with Crippen molar-refractivity contribution in [2.75, 3.05) is 13.1 Å². The zero-order valence-corrected chi connectivity index (χ0v) is 13.3. The molecule has 23 heavy (non-hydrogen) atoms. The Morgan fingerprint density at radius 2 is 2.09 bits per heavy atom. The molecule has 2 unspecified atom stereocenters. The Morgan fingerprint density at radius 1 is 1.30 bits per heavy atom. The van der Waals surface area contributed by atoms with Gasteiger partial charge in [0.25, 0.3) is 0 Å². The van der Waals surface area contributed by atoms with Crippen molar-refractivity contribution < 1.29 is 9.59 Å². The summed E-state index contributed by atoms with van der Waals surface area (Å²) in [6.45, 7) is 1.59. The minimum atomic E-state index is -0.631. The number of primary amides is 1. The summed E-state index contributed by atoms with van der Waals surface area (Å²) in [6.07, 6.45) is 8.31. The molecule has 126 valence electrons. The van der Waals surface area contributed by atoms with Gasteiger partial charge in [0.05, 0.1) is 0 Å². The van der Waals surface area contributed by atoms with Crippen molar-refractivity contribution in [3.8, 4) is 0 Å². The average Bonchev–Trinajstić information content (AvgIpc) is 3.10. The topological polar surface area (TPSA) is 102 Å². The Hall–Kier alpha value is -1.89. The van der Waals surface area contributed by atoms with Crippen LogP contribution in [0.1, 0.15) is 38.5 Å². The molecule has 1 saturated carbocycles. The molecule has 1 aliphatic carbocycles. The molecule has 0 spiro atoms. The van der Waals surface area contributed by atoms with Gasteiger partial charge in [-0.2, -0.15) is 5.10 Å². The van der Waals surface area contributed by atoms with Crippen molar-refractivity contribution in [3.05, 3.63) is 18.5 Å². The number of aromatic nitrogens is 2. The summed E-state index contributed by atoms with van der Waals surface area (Å²) < 4.78 is 1.79. The Bertz CT molecular complexity index is 551. The second kappa shape index (κ2) is 6.70. The Labute approximate surface area is 136 Å². The van der Waals surface area contributed by atoms with Gasteiger partial charge >= 0.3 is 0 Å². The number of amides is 2. The van der Waals surface area contributed by atoms with E-state index in [1.54, 1.807) is 10.9 Å². The summed E-state index contributed by atoms with van der Waals surface area (Å²) in [7, 11) is 0. The highest BCUT2D eigenvalue weighted by molar-refractivity contribution is 5.85. The minimum Gasteiger partial charge on any atom is -0.369 e. The van der Waals surface area contributed by atoms with Crippen LogP contribution in [0.25, 0.3) is 0 Å². The molecule has 1 aromatic heterocycles. The van der Waals surface area contributed by atoms with E-state index in [9.17, 15) is 9.59 Å². The van der Waals surface area contributed by atoms with Crippen LogP contribution in [0.3, 0.4) is 0 Å². The van der Waals surface area contributed by atoms with Crippen molar-refractivity contribution in [1.82, 2.24) is 20.4 Å². The molecule has 3 rings (SSSR count). The van der Waals surface area contributed by atoms with E-state index in [-0.39, 0.29) is 23.8 Å². The summed E-state index contributed by atoms with van der Waals surface area (Å²) in [5.74, 6) is -0.367. The number of carbonyl (C=O) groups excluding carboxylic acids is 2. The van der Waals surface area contributed by atoms with E-state index in [1.165, 1.54) is 0 Å². The molecule has 7 nitrogen and oxygen atoms in total. The molecule has 2 atom stereocenters. The number of hydrogen-bond acceptors (Lipinski definition) is 4. The predicted octanol–water partition coefficient (Wildman–Crippen LogP) is 0.122. The minimum absolute atomic E-state index is 0.0119. The summed E-state index contributed by atoms with van der Waals surface area (Å²) in [4.78, 5) is 24.5. The van der Waals surface area contributed by atoms with Gasteiger partial charge in [-0.3, -0.25) is 14.3 Å². The van der Waals surface area contributed by atoms with E-state index in [0.29, 0.717) is 19.3 Å². The lowest BCUT2D eigenvalue weighted by Gasteiger charge is -2.38. The van der Waals surface area contributed by atoms with Crippen LogP contribution in [0.4, 0.5) is 0 Å². The predicted molar refractivity (Wildman–Crippen MR) is 85.4 cm³/mol. The first-order valence-corrected chi connectivity index (χ1v) is 8.43. The monoisotopic (exact) mass is 319 g/mol. The van der Waals surface area contributed by atoms with Crippen LogP contribution in [0.5, 0.6) is 0 Å². The quantitative estimate of drug-likeness (QED) is 0.733. The third-order valence-electron chi connectivity index (χ3n) is 5.21. The summed E-state index contributed by atoms with van der Waals surface area (Å²) in [5, 5.41) is 10.8. The first-order chi connectivity index (χ1) is 11.1. The molecule has 0 radical (unpaired) electrons. The average molecular weight is 319 g/mol. The number of piperidine rings is 1. The zero-order valence-electron chi connectivity index (χ0n) is 13.3. The van der Waals surface area contributed by atoms with E-state index >= 15 is 0 Å². The van der Waals surface area contributed by atoms with Gasteiger partial charge in [-0.1, -0.05) is 6.42 Å². The normalized spacial score (nSPS) is 27.3. The Morgan fingerprint density at radius 3 is 2.74 bits per heavy atom. The van der Waals surface area contributed by atoms with Crippen LogP contribution in [0.15, 0.2) is 18.5 Å². The third kappa shape index (κ3) is 3.24. The molecule has 2 heterocycles. The van der Waals surface area contributed by atoms with Crippen molar-refractivity contribution in [2.45, 2.75) is 50.1 Å². The van der Waals surface area contributed by atoms with Gasteiger partial charge in [-0.05, 0) is 51.3 Å². The number of nitrogens with one attached hydrogen (secondary N) is 2. The number of nitrogens with zero attached hydrogens (tertiary/aromatic N) is 2. The van der Waals surface area contributed by atoms with E-state index in [1.807, 2.05) is 12.3 Å². The molecule has 7 heteroatoms. The van der Waals surface area contributed by atoms with Crippen LogP contribution in [-0.2, 0) is 15.1 Å². The zero-order chi connectivity index (χ0) is 16.3. The van der Waals surface area contributed by atoms with Gasteiger partial charge in [0.1, 0.15) is 5.54 Å². The van der Waals surface area contributed by atoms with Crippen LogP contribution in [0, 0.1) is 5.92 Å². The number of nitrogens with two attached hydrogens (primary N) is 1. The van der Waals surface area contributed by atoms with Gasteiger partial charge in [0, 0.05) is 24.4 Å². The van der Waals surface area contributed by atoms with Crippen molar-refractivity contribution in [3.63, 3.8) is 0 Å². The number of rotatable bonds is 4. The molecule has 2 amide bonds. The smallest absolute Gasteiger partial charge is 0.248 e. The number of hydrogen-bond donors (Lipinski definition) is 3. The summed E-state index contributed by atoms with van der Waals surface area (Å²) in [6, 6.07) is 1.87. The molecule has 1 aromatic rings. The molecular formula is C16H25N5O2. The maximum Gasteiger partial charge on any atom is 0.248 e. The maximum atomic E-state index is 13.0.